The highest BCUT2D eigenvalue weighted by molar-refractivity contribution is 6.28. The van der Waals surface area contributed by atoms with Gasteiger partial charge in [0.05, 0.1) is 47.2 Å². The molecule has 39 heavy (non-hydrogen) atoms. The highest BCUT2D eigenvalue weighted by atomic mass is 35.5. The average molecular weight is 559 g/mol. The van der Waals surface area contributed by atoms with Gasteiger partial charge < -0.3 is 25.4 Å². The topological polar surface area (TPSA) is 199 Å². The summed E-state index contributed by atoms with van der Waals surface area (Å²) in [5, 5.41) is 46.0. The van der Waals surface area contributed by atoms with E-state index in [9.17, 15) is 29.5 Å². The van der Waals surface area contributed by atoms with Gasteiger partial charge in [0, 0.05) is 19.0 Å². The van der Waals surface area contributed by atoms with E-state index >= 15 is 0 Å². The average Bonchev–Trinajstić information content (AvgIpc) is 3.17. The first kappa shape index (κ1) is 25.0. The zero-order chi connectivity index (χ0) is 27.6. The van der Waals surface area contributed by atoms with Gasteiger partial charge >= 0.3 is 5.69 Å². The van der Waals surface area contributed by atoms with Crippen molar-refractivity contribution in [1.29, 1.82) is 0 Å². The molecule has 17 heteroatoms. The summed E-state index contributed by atoms with van der Waals surface area (Å²) >= 11 is 6.19. The number of imidazole rings is 1. The number of fused-ring (bicyclic) bond motifs is 2. The number of nitro groups is 1. The second-order valence-electron chi connectivity index (χ2n) is 9.42. The van der Waals surface area contributed by atoms with Crippen LogP contribution in [-0.4, -0.2) is 74.8 Å². The van der Waals surface area contributed by atoms with Crippen molar-refractivity contribution in [2.45, 2.75) is 31.2 Å². The predicted octanol–water partition coefficient (Wildman–Crippen LogP) is 0.749. The van der Waals surface area contributed by atoms with Gasteiger partial charge in [-0.3, -0.25) is 14.9 Å². The van der Waals surface area contributed by atoms with Crippen LogP contribution in [-0.2, 0) is 11.3 Å². The fourth-order valence-corrected chi connectivity index (χ4v) is 5.65. The number of aliphatic hydroxyl groups excluding tert-OH is 2. The van der Waals surface area contributed by atoms with Crippen molar-refractivity contribution in [1.82, 2.24) is 39.8 Å². The molecule has 1 aromatic carbocycles. The highest BCUT2D eigenvalue weighted by Crippen LogP contribution is 2.67. The van der Waals surface area contributed by atoms with E-state index in [1.165, 1.54) is 30.3 Å². The lowest BCUT2D eigenvalue weighted by atomic mass is 9.98. The lowest BCUT2D eigenvalue weighted by Gasteiger charge is -2.23. The van der Waals surface area contributed by atoms with E-state index in [1.807, 2.05) is 0 Å². The van der Waals surface area contributed by atoms with Crippen LogP contribution in [0.2, 0.25) is 5.28 Å². The molecule has 0 aliphatic heterocycles. The first-order chi connectivity index (χ1) is 18.6. The molecule has 0 bridgehead atoms. The Kier molecular flexibility index (Phi) is 5.70. The maximum atomic E-state index is 13.7. The van der Waals surface area contributed by atoms with Crippen LogP contribution in [0.15, 0.2) is 30.7 Å². The summed E-state index contributed by atoms with van der Waals surface area (Å²) in [4.78, 5) is 35.5. The first-order valence-electron chi connectivity index (χ1n) is 11.7. The largest absolute Gasteiger partial charge is 0.389 e. The number of halogens is 2. The molecule has 0 unspecified atom stereocenters. The Morgan fingerprint density at radius 3 is 2.90 bits per heavy atom. The zero-order valence-corrected chi connectivity index (χ0v) is 20.8. The quantitative estimate of drug-likeness (QED) is 0.142. The number of aliphatic hydroxyl groups is 2. The molecule has 4 N–H and O–H groups in total. The number of carbonyl (C=O) groups is 1. The minimum atomic E-state index is -1.25. The molecule has 6 rings (SSSR count). The van der Waals surface area contributed by atoms with E-state index in [0.717, 1.165) is 12.1 Å². The Balaban J connectivity index is 1.25. The lowest BCUT2D eigenvalue weighted by molar-refractivity contribution is -0.387. The van der Waals surface area contributed by atoms with E-state index in [-0.39, 0.29) is 35.2 Å². The van der Waals surface area contributed by atoms with Crippen LogP contribution in [0.3, 0.4) is 0 Å². The van der Waals surface area contributed by atoms with Crippen molar-refractivity contribution in [3.05, 3.63) is 57.6 Å². The number of aromatic nitrogens is 7. The number of hydrogen-bond acceptors (Lipinski definition) is 11. The van der Waals surface area contributed by atoms with Crippen molar-refractivity contribution in [2.24, 2.45) is 11.3 Å². The summed E-state index contributed by atoms with van der Waals surface area (Å²) < 4.78 is 16.5. The molecule has 2 saturated carbocycles. The minimum absolute atomic E-state index is 0.101. The predicted molar refractivity (Wildman–Crippen MR) is 131 cm³/mol. The van der Waals surface area contributed by atoms with Gasteiger partial charge in [0.2, 0.25) is 17.0 Å². The van der Waals surface area contributed by atoms with Gasteiger partial charge in [-0.05, 0) is 30.2 Å². The summed E-state index contributed by atoms with van der Waals surface area (Å²) in [5.41, 5.74) is -0.444. The Labute approximate surface area is 222 Å². The van der Waals surface area contributed by atoms with Crippen LogP contribution < -0.4 is 10.6 Å². The third-order valence-corrected chi connectivity index (χ3v) is 7.58. The van der Waals surface area contributed by atoms with E-state index in [4.69, 9.17) is 11.6 Å². The van der Waals surface area contributed by atoms with Gasteiger partial charge in [-0.15, -0.1) is 5.10 Å². The third-order valence-electron chi connectivity index (χ3n) is 7.41. The molecular formula is C22H20ClFN10O5. The van der Waals surface area contributed by atoms with Crippen LogP contribution in [0.1, 0.15) is 18.2 Å². The van der Waals surface area contributed by atoms with E-state index in [0.29, 0.717) is 23.3 Å². The van der Waals surface area contributed by atoms with Gasteiger partial charge in [-0.2, -0.15) is 14.4 Å². The van der Waals surface area contributed by atoms with Gasteiger partial charge in [0.1, 0.15) is 11.8 Å². The molecule has 0 radical (unpaired) electrons. The fraction of sp³-hybridized carbons (Fsp3) is 0.364. The van der Waals surface area contributed by atoms with E-state index in [2.05, 4.69) is 35.9 Å². The molecule has 3 aromatic heterocycles. The van der Waals surface area contributed by atoms with Gasteiger partial charge in [0.15, 0.2) is 17.0 Å². The van der Waals surface area contributed by atoms with E-state index in [1.54, 1.807) is 4.57 Å². The molecule has 15 nitrogen and oxygen atoms in total. The molecule has 2 aliphatic rings. The zero-order valence-electron chi connectivity index (χ0n) is 20.1. The van der Waals surface area contributed by atoms with Crippen LogP contribution in [0, 0.1) is 27.3 Å². The van der Waals surface area contributed by atoms with Crippen molar-refractivity contribution >= 4 is 40.2 Å². The molecule has 1 amide bonds. The summed E-state index contributed by atoms with van der Waals surface area (Å²) in [7, 11) is 1.48. The van der Waals surface area contributed by atoms with Crippen LogP contribution in [0.4, 0.5) is 15.9 Å². The van der Waals surface area contributed by atoms with Crippen molar-refractivity contribution in [3.8, 4) is 5.69 Å². The van der Waals surface area contributed by atoms with Gasteiger partial charge in [0.25, 0.3) is 0 Å². The first-order valence-corrected chi connectivity index (χ1v) is 12.1. The molecule has 4 aromatic rings. The van der Waals surface area contributed by atoms with Crippen LogP contribution >= 0.6 is 11.6 Å². The summed E-state index contributed by atoms with van der Waals surface area (Å²) in [5.74, 6) is -1.35. The molecule has 2 fully saturated rings. The smallest absolute Gasteiger partial charge is 0.306 e. The number of benzene rings is 1. The summed E-state index contributed by atoms with van der Waals surface area (Å²) in [6.45, 7) is 0.103. The molecule has 0 spiro atoms. The second-order valence-corrected chi connectivity index (χ2v) is 9.76. The molecular weight excluding hydrogens is 539 g/mol. The Morgan fingerprint density at radius 2 is 2.15 bits per heavy atom. The maximum absolute atomic E-state index is 13.7. The van der Waals surface area contributed by atoms with Crippen LogP contribution in [0.5, 0.6) is 0 Å². The summed E-state index contributed by atoms with van der Waals surface area (Å²) in [6, 6.07) is 2.71. The number of carbonyl (C=O) groups excluding carboxylic acids is 1. The SMILES string of the molecule is CNC(=O)[C@@]12C[C@@H]1[C@@H](n1cnc3c(NCc4cn(-c5ccc(F)c([N+](=O)[O-])c5)nn4)nc(Cl)nc31)[C@H](O)[C@@H]2O. The Hall–Kier alpha value is -4.28. The summed E-state index contributed by atoms with van der Waals surface area (Å²) in [6.07, 6.45) is 0.902. The molecule has 2 aliphatic carbocycles. The highest BCUT2D eigenvalue weighted by Gasteiger charge is 2.75. The Morgan fingerprint density at radius 1 is 1.36 bits per heavy atom. The maximum Gasteiger partial charge on any atom is 0.306 e. The van der Waals surface area contributed by atoms with E-state index < -0.39 is 40.1 Å². The Bertz CT molecular complexity index is 1640. The minimum Gasteiger partial charge on any atom is -0.389 e. The molecule has 3 heterocycles. The lowest BCUT2D eigenvalue weighted by Crippen LogP contribution is -2.41. The van der Waals surface area contributed by atoms with Crippen LogP contribution in [0.25, 0.3) is 16.9 Å². The van der Waals surface area contributed by atoms with Crippen molar-refractivity contribution in [3.63, 3.8) is 0 Å². The fourth-order valence-electron chi connectivity index (χ4n) is 5.48. The number of hydrogen-bond donors (Lipinski definition) is 4. The van der Waals surface area contributed by atoms with Crippen molar-refractivity contribution < 1.29 is 24.3 Å². The normalized spacial score (nSPS) is 25.5. The number of nitro benzene ring substituents is 1. The van der Waals surface area contributed by atoms with Gasteiger partial charge in [-0.1, -0.05) is 5.21 Å². The molecule has 202 valence electrons. The molecule has 0 saturated heterocycles. The number of anilines is 1. The number of amides is 1. The number of rotatable bonds is 7. The third kappa shape index (κ3) is 3.78. The number of nitrogens with zero attached hydrogens (tertiary/aromatic N) is 8. The molecule has 5 atom stereocenters. The standard InChI is InChI=1S/C22H20ClFN10O5/c1-25-20(37)22-5-11(22)15(16(35)17(22)36)32-8-27-14-18(28-21(23)29-19(14)32)26-6-9-7-33(31-30-9)10-2-3-12(24)13(4-10)34(38)39/h2-4,7-8,11,15-17,35-36H,5-6H2,1H3,(H,25,37)(H,26,28,29)/t11-,15-,16+,17+,22+/m1/s1. The second kappa shape index (κ2) is 8.89. The number of nitrogens with one attached hydrogen (secondary N) is 2. The van der Waals surface area contributed by atoms with Gasteiger partial charge in [-0.25, -0.2) is 9.67 Å². The van der Waals surface area contributed by atoms with Crippen molar-refractivity contribution in [2.75, 3.05) is 12.4 Å². The monoisotopic (exact) mass is 558 g/mol.